The smallest absolute Gasteiger partial charge is 0.174 e. The number of nitrogens with one attached hydrogen (secondary N) is 1. The van der Waals surface area contributed by atoms with Crippen molar-refractivity contribution in [1.82, 2.24) is 19.9 Å². The van der Waals surface area contributed by atoms with E-state index in [2.05, 4.69) is 26.0 Å². The quantitative estimate of drug-likeness (QED) is 0.504. The summed E-state index contributed by atoms with van der Waals surface area (Å²) >= 11 is 1.64. The number of aromatic nitrogens is 4. The summed E-state index contributed by atoms with van der Waals surface area (Å²) in [5, 5.41) is 0.977. The summed E-state index contributed by atoms with van der Waals surface area (Å²) < 4.78 is 6.73. The molecule has 1 aromatic carbocycles. The molecule has 4 aromatic heterocycles. The van der Waals surface area contributed by atoms with E-state index in [-0.39, 0.29) is 0 Å². The van der Waals surface area contributed by atoms with Crippen LogP contribution in [0.1, 0.15) is 5.76 Å². The number of rotatable bonds is 2. The van der Waals surface area contributed by atoms with Crippen LogP contribution in [0.15, 0.2) is 53.2 Å². The Morgan fingerprint density at radius 1 is 1.04 bits per heavy atom. The average Bonchev–Trinajstić information content (AvgIpc) is 3.30. The topological polar surface area (TPSA) is 67.6 Å². The highest BCUT2D eigenvalue weighted by atomic mass is 32.1. The normalized spacial score (nSPS) is 11.5. The Kier molecular flexibility index (Phi) is 2.80. The minimum absolute atomic E-state index is 0.740. The molecule has 0 amide bonds. The molecule has 0 aliphatic rings. The van der Waals surface area contributed by atoms with Gasteiger partial charge in [-0.15, -0.1) is 11.3 Å². The zero-order chi connectivity index (χ0) is 16.1. The second-order valence-electron chi connectivity index (χ2n) is 5.59. The van der Waals surface area contributed by atoms with E-state index < -0.39 is 0 Å². The number of fused-ring (bicyclic) bond motifs is 2. The van der Waals surface area contributed by atoms with Gasteiger partial charge in [-0.25, -0.2) is 9.97 Å². The van der Waals surface area contributed by atoms with E-state index in [9.17, 15) is 0 Å². The Morgan fingerprint density at radius 3 is 2.83 bits per heavy atom. The summed E-state index contributed by atoms with van der Waals surface area (Å²) in [6.45, 7) is 1.92. The number of aryl methyl sites for hydroxylation is 1. The lowest BCUT2D eigenvalue weighted by Crippen LogP contribution is -1.77. The number of furan rings is 1. The van der Waals surface area contributed by atoms with Gasteiger partial charge in [-0.2, -0.15) is 0 Å². The zero-order valence-corrected chi connectivity index (χ0v) is 13.6. The van der Waals surface area contributed by atoms with Gasteiger partial charge >= 0.3 is 0 Å². The van der Waals surface area contributed by atoms with Gasteiger partial charge in [-0.1, -0.05) is 0 Å². The number of hydrogen-bond acceptors (Lipinski definition) is 5. The number of nitrogens with zero attached hydrogens (tertiary/aromatic N) is 3. The third-order valence-corrected chi connectivity index (χ3v) is 4.95. The van der Waals surface area contributed by atoms with Gasteiger partial charge in [0, 0.05) is 18.0 Å². The van der Waals surface area contributed by atoms with Crippen molar-refractivity contribution in [2.75, 3.05) is 0 Å². The molecule has 0 saturated heterocycles. The largest absolute Gasteiger partial charge is 0.458 e. The van der Waals surface area contributed by atoms with Crippen LogP contribution < -0.4 is 0 Å². The molecule has 6 heteroatoms. The van der Waals surface area contributed by atoms with Crippen molar-refractivity contribution in [1.29, 1.82) is 0 Å². The summed E-state index contributed by atoms with van der Waals surface area (Å²) in [7, 11) is 0. The average molecular weight is 332 g/mol. The van der Waals surface area contributed by atoms with Crippen molar-refractivity contribution < 1.29 is 4.42 Å². The van der Waals surface area contributed by atoms with E-state index in [0.717, 1.165) is 49.2 Å². The molecule has 0 atom stereocenters. The second kappa shape index (κ2) is 5.01. The van der Waals surface area contributed by atoms with Crippen LogP contribution in [0.3, 0.4) is 0 Å². The Morgan fingerprint density at radius 2 is 2.00 bits per heavy atom. The molecular formula is C18H12N4OS. The number of H-pyrrole nitrogens is 1. The van der Waals surface area contributed by atoms with Crippen molar-refractivity contribution in [3.8, 4) is 22.2 Å². The molecule has 4 heterocycles. The lowest BCUT2D eigenvalue weighted by molar-refractivity contribution is 0.545. The summed E-state index contributed by atoms with van der Waals surface area (Å²) in [6, 6.07) is 11.9. The van der Waals surface area contributed by atoms with Crippen LogP contribution in [0.4, 0.5) is 0 Å². The number of pyridine rings is 1. The lowest BCUT2D eigenvalue weighted by atomic mass is 10.2. The Balaban J connectivity index is 1.62. The maximum atomic E-state index is 5.64. The Bertz CT molecular complexity index is 1150. The summed E-state index contributed by atoms with van der Waals surface area (Å²) in [4.78, 5) is 16.8. The van der Waals surface area contributed by atoms with Gasteiger partial charge in [0.15, 0.2) is 11.6 Å². The maximum absolute atomic E-state index is 5.64. The predicted octanol–water partition coefficient (Wildman–Crippen LogP) is 4.80. The zero-order valence-electron chi connectivity index (χ0n) is 12.8. The monoisotopic (exact) mass is 332 g/mol. The van der Waals surface area contributed by atoms with Gasteiger partial charge in [0.2, 0.25) is 0 Å². The molecule has 5 nitrogen and oxygen atoms in total. The first kappa shape index (κ1) is 13.4. The van der Waals surface area contributed by atoms with Crippen molar-refractivity contribution >= 4 is 32.6 Å². The molecule has 24 heavy (non-hydrogen) atoms. The van der Waals surface area contributed by atoms with Gasteiger partial charge in [0.1, 0.15) is 10.8 Å². The first-order valence-corrected chi connectivity index (χ1v) is 8.35. The van der Waals surface area contributed by atoms with Crippen molar-refractivity contribution in [3.05, 3.63) is 54.6 Å². The van der Waals surface area contributed by atoms with Crippen molar-refractivity contribution in [2.24, 2.45) is 0 Å². The fourth-order valence-corrected chi connectivity index (χ4v) is 3.65. The maximum Gasteiger partial charge on any atom is 0.174 e. The molecule has 0 unspecified atom stereocenters. The SMILES string of the molecule is Cc1ccc(-c2nc3ccc(-c4nc5ccncc5s4)cc3[nH]2)o1. The molecule has 0 spiro atoms. The van der Waals surface area contributed by atoms with Crippen LogP contribution in [0.5, 0.6) is 0 Å². The molecule has 0 fully saturated rings. The van der Waals surface area contributed by atoms with Gasteiger partial charge < -0.3 is 9.40 Å². The molecule has 5 rings (SSSR count). The fourth-order valence-electron chi connectivity index (χ4n) is 2.72. The highest BCUT2D eigenvalue weighted by molar-refractivity contribution is 7.21. The molecule has 0 bridgehead atoms. The van der Waals surface area contributed by atoms with Crippen LogP contribution in [-0.2, 0) is 0 Å². The van der Waals surface area contributed by atoms with Gasteiger partial charge in [0.25, 0.3) is 0 Å². The standard InChI is InChI=1S/C18H12N4OS/c1-10-2-5-15(23-10)17-20-12-4-3-11(8-14(12)21-17)18-22-13-6-7-19-9-16(13)24-18/h2-9H,1H3,(H,20,21). The molecular weight excluding hydrogens is 320 g/mol. The molecule has 116 valence electrons. The van der Waals surface area contributed by atoms with Crippen molar-refractivity contribution in [3.63, 3.8) is 0 Å². The molecule has 1 N–H and O–H groups in total. The number of imidazole rings is 1. The third kappa shape index (κ3) is 2.11. The lowest BCUT2D eigenvalue weighted by Gasteiger charge is -1.95. The highest BCUT2D eigenvalue weighted by Gasteiger charge is 2.11. The third-order valence-electron chi connectivity index (χ3n) is 3.89. The van der Waals surface area contributed by atoms with Crippen LogP contribution >= 0.6 is 11.3 Å². The fraction of sp³-hybridized carbons (Fsp3) is 0.0556. The predicted molar refractivity (Wildman–Crippen MR) is 94.9 cm³/mol. The highest BCUT2D eigenvalue weighted by Crippen LogP contribution is 2.31. The van der Waals surface area contributed by atoms with Crippen LogP contribution in [-0.4, -0.2) is 19.9 Å². The van der Waals surface area contributed by atoms with E-state index in [0.29, 0.717) is 0 Å². The van der Waals surface area contributed by atoms with Crippen LogP contribution in [0, 0.1) is 6.92 Å². The van der Waals surface area contributed by atoms with E-state index in [1.165, 1.54) is 0 Å². The minimum atomic E-state index is 0.740. The summed E-state index contributed by atoms with van der Waals surface area (Å²) in [5.74, 6) is 2.36. The van der Waals surface area contributed by atoms with E-state index in [1.807, 2.05) is 43.5 Å². The van der Waals surface area contributed by atoms with Crippen molar-refractivity contribution in [2.45, 2.75) is 6.92 Å². The number of benzene rings is 1. The molecule has 5 aromatic rings. The molecule has 0 saturated carbocycles. The van der Waals surface area contributed by atoms with E-state index >= 15 is 0 Å². The second-order valence-corrected chi connectivity index (χ2v) is 6.62. The Hall–Kier alpha value is -2.99. The first-order chi connectivity index (χ1) is 11.8. The summed E-state index contributed by atoms with van der Waals surface area (Å²) in [6.07, 6.45) is 3.62. The van der Waals surface area contributed by atoms with Gasteiger partial charge in [-0.3, -0.25) is 4.98 Å². The van der Waals surface area contributed by atoms with Gasteiger partial charge in [0.05, 0.1) is 21.3 Å². The number of hydrogen-bond donors (Lipinski definition) is 1. The number of aromatic amines is 1. The minimum Gasteiger partial charge on any atom is -0.458 e. The number of thiazole rings is 1. The van der Waals surface area contributed by atoms with E-state index in [1.54, 1.807) is 17.5 Å². The molecule has 0 radical (unpaired) electrons. The first-order valence-electron chi connectivity index (χ1n) is 7.54. The van der Waals surface area contributed by atoms with Gasteiger partial charge in [-0.05, 0) is 43.3 Å². The Labute approximate surface area is 141 Å². The van der Waals surface area contributed by atoms with Crippen LogP contribution in [0.2, 0.25) is 0 Å². The van der Waals surface area contributed by atoms with Crippen LogP contribution in [0.25, 0.3) is 43.4 Å². The van der Waals surface area contributed by atoms with E-state index in [4.69, 9.17) is 4.42 Å². The molecule has 0 aliphatic heterocycles. The summed E-state index contributed by atoms with van der Waals surface area (Å²) in [5.41, 5.74) is 3.91. The molecule has 0 aliphatic carbocycles.